The maximum absolute atomic E-state index is 13.0. The van der Waals surface area contributed by atoms with Crippen molar-refractivity contribution >= 4 is 33.9 Å². The molecule has 0 saturated carbocycles. The van der Waals surface area contributed by atoms with E-state index in [2.05, 4.69) is 23.3 Å². The number of hydrogen-bond donors (Lipinski definition) is 2. The molecule has 1 aliphatic rings. The first kappa shape index (κ1) is 23.7. The van der Waals surface area contributed by atoms with E-state index in [1.807, 2.05) is 66.4 Å². The van der Waals surface area contributed by atoms with Gasteiger partial charge in [-0.05, 0) is 103 Å². The van der Waals surface area contributed by atoms with E-state index in [1.165, 1.54) is 5.56 Å². The normalized spacial score (nSPS) is 12.0. The quantitative estimate of drug-likeness (QED) is 0.348. The lowest BCUT2D eigenvalue weighted by Crippen LogP contribution is -2.35. The zero-order valence-corrected chi connectivity index (χ0v) is 21.2. The Hall–Kier alpha value is -4.04. The fourth-order valence-electron chi connectivity index (χ4n) is 4.18. The summed E-state index contributed by atoms with van der Waals surface area (Å²) in [5.74, 6) is 2.19. The number of fused-ring (bicyclic) bond motifs is 2. The molecule has 2 N–H and O–H groups in total. The first-order valence-electron chi connectivity index (χ1n) is 11.6. The van der Waals surface area contributed by atoms with Gasteiger partial charge >= 0.3 is 0 Å². The van der Waals surface area contributed by atoms with Crippen LogP contribution in [0.25, 0.3) is 10.9 Å². The minimum Gasteiger partial charge on any atom is -0.497 e. The van der Waals surface area contributed by atoms with Gasteiger partial charge in [0.2, 0.25) is 6.79 Å². The molecule has 2 heterocycles. The van der Waals surface area contributed by atoms with Crippen LogP contribution in [-0.2, 0) is 13.1 Å². The van der Waals surface area contributed by atoms with Crippen LogP contribution in [0, 0.1) is 13.8 Å². The number of ether oxygens (including phenoxy) is 3. The smallest absolute Gasteiger partial charge is 0.253 e. The van der Waals surface area contributed by atoms with Crippen molar-refractivity contribution in [3.05, 3.63) is 93.3 Å². The Morgan fingerprint density at radius 2 is 1.75 bits per heavy atom. The Labute approximate surface area is 214 Å². The van der Waals surface area contributed by atoms with Crippen molar-refractivity contribution in [2.45, 2.75) is 26.9 Å². The fourth-order valence-corrected chi connectivity index (χ4v) is 4.43. The van der Waals surface area contributed by atoms with Crippen LogP contribution in [0.3, 0.4) is 0 Å². The molecule has 4 aromatic rings. The van der Waals surface area contributed by atoms with Gasteiger partial charge in [0.05, 0.1) is 13.7 Å². The Morgan fingerprint density at radius 1 is 1.00 bits per heavy atom. The highest BCUT2D eigenvalue weighted by atomic mass is 32.1. The summed E-state index contributed by atoms with van der Waals surface area (Å²) in [6.07, 6.45) is 0. The Balaban J connectivity index is 1.45. The van der Waals surface area contributed by atoms with Gasteiger partial charge in [-0.25, -0.2) is 0 Å². The Morgan fingerprint density at radius 3 is 2.53 bits per heavy atom. The van der Waals surface area contributed by atoms with Crippen LogP contribution in [0.4, 0.5) is 5.69 Å². The number of nitrogens with one attached hydrogen (secondary N) is 2. The summed E-state index contributed by atoms with van der Waals surface area (Å²) in [6.45, 7) is 5.12. The highest BCUT2D eigenvalue weighted by Crippen LogP contribution is 2.33. The number of aryl methyl sites for hydroxylation is 2. The number of methoxy groups -OCH3 is 1. The van der Waals surface area contributed by atoms with Crippen molar-refractivity contribution in [1.82, 2.24) is 9.88 Å². The number of aromatic amines is 1. The van der Waals surface area contributed by atoms with Gasteiger partial charge in [-0.15, -0.1) is 0 Å². The van der Waals surface area contributed by atoms with Crippen molar-refractivity contribution in [1.29, 1.82) is 0 Å². The second-order valence-electron chi connectivity index (χ2n) is 8.85. The van der Waals surface area contributed by atoms with Crippen molar-refractivity contribution in [2.24, 2.45) is 0 Å². The summed E-state index contributed by atoms with van der Waals surface area (Å²) in [5, 5.41) is 4.78. The second-order valence-corrected chi connectivity index (χ2v) is 9.24. The van der Waals surface area contributed by atoms with Crippen molar-refractivity contribution in [3.63, 3.8) is 0 Å². The minimum absolute atomic E-state index is 0.131. The number of pyridine rings is 1. The molecule has 0 amide bonds. The summed E-state index contributed by atoms with van der Waals surface area (Å²) >= 11 is 5.81. The lowest BCUT2D eigenvalue weighted by atomic mass is 10.0. The molecule has 7 nitrogen and oxygen atoms in total. The number of nitrogens with zero attached hydrogens (tertiary/aromatic N) is 1. The molecule has 36 heavy (non-hydrogen) atoms. The van der Waals surface area contributed by atoms with Crippen LogP contribution < -0.4 is 25.1 Å². The molecule has 0 radical (unpaired) electrons. The number of thiocarbonyl (C=S) groups is 1. The maximum atomic E-state index is 13.0. The van der Waals surface area contributed by atoms with Crippen LogP contribution in [0.2, 0.25) is 0 Å². The Kier molecular flexibility index (Phi) is 6.52. The largest absolute Gasteiger partial charge is 0.497 e. The number of hydrogen-bond acceptors (Lipinski definition) is 5. The van der Waals surface area contributed by atoms with E-state index < -0.39 is 0 Å². The third-order valence-electron chi connectivity index (χ3n) is 6.34. The lowest BCUT2D eigenvalue weighted by Gasteiger charge is -2.26. The summed E-state index contributed by atoms with van der Waals surface area (Å²) in [4.78, 5) is 18.0. The van der Waals surface area contributed by atoms with Crippen LogP contribution in [0.15, 0.2) is 65.5 Å². The molecule has 1 aliphatic heterocycles. The highest BCUT2D eigenvalue weighted by molar-refractivity contribution is 7.80. The zero-order valence-electron chi connectivity index (χ0n) is 20.4. The molecule has 0 bridgehead atoms. The standard InChI is InChI=1S/C28H27N3O4S/c1-17-10-20-13-21(27(32)30-24(20)11-18(17)2)15-31(14-19-4-9-25-26(12-19)35-16-34-25)28(36)29-22-5-7-23(33-3)8-6-22/h4-13H,14-16H2,1-3H3,(H,29,36)(H,30,32). The highest BCUT2D eigenvalue weighted by Gasteiger charge is 2.18. The number of aromatic nitrogens is 1. The van der Waals surface area contributed by atoms with E-state index in [0.29, 0.717) is 29.5 Å². The fraction of sp³-hybridized carbons (Fsp3) is 0.214. The molecular formula is C28H27N3O4S. The molecule has 0 unspecified atom stereocenters. The predicted molar refractivity (Wildman–Crippen MR) is 145 cm³/mol. The molecule has 0 atom stereocenters. The molecule has 0 saturated heterocycles. The maximum Gasteiger partial charge on any atom is 0.253 e. The number of rotatable bonds is 6. The first-order chi connectivity index (χ1) is 17.4. The molecule has 0 aliphatic carbocycles. The molecule has 1 aromatic heterocycles. The van der Waals surface area contributed by atoms with E-state index in [9.17, 15) is 4.79 Å². The molecule has 8 heteroatoms. The van der Waals surface area contributed by atoms with Crippen LogP contribution >= 0.6 is 12.2 Å². The van der Waals surface area contributed by atoms with Gasteiger partial charge in [0, 0.05) is 23.3 Å². The van der Waals surface area contributed by atoms with Gasteiger partial charge in [0.1, 0.15) is 5.75 Å². The van der Waals surface area contributed by atoms with Gasteiger partial charge in [-0.1, -0.05) is 6.07 Å². The SMILES string of the molecule is COc1ccc(NC(=S)N(Cc2ccc3c(c2)OCO3)Cc2cc3cc(C)c(C)cc3[nH]c2=O)cc1. The number of anilines is 1. The third-order valence-corrected chi connectivity index (χ3v) is 6.70. The van der Waals surface area contributed by atoms with E-state index in [-0.39, 0.29) is 12.4 Å². The van der Waals surface area contributed by atoms with Gasteiger partial charge in [-0.3, -0.25) is 4.79 Å². The minimum atomic E-state index is -0.131. The van der Waals surface area contributed by atoms with Gasteiger partial charge in [-0.2, -0.15) is 0 Å². The van der Waals surface area contributed by atoms with Crippen molar-refractivity contribution in [2.75, 3.05) is 19.2 Å². The van der Waals surface area contributed by atoms with Crippen LogP contribution in [0.1, 0.15) is 22.3 Å². The van der Waals surface area contributed by atoms with E-state index in [4.69, 9.17) is 26.4 Å². The molecule has 5 rings (SSSR count). The Bertz CT molecular complexity index is 1500. The predicted octanol–water partition coefficient (Wildman–Crippen LogP) is 5.28. The lowest BCUT2D eigenvalue weighted by molar-refractivity contribution is 0.174. The first-order valence-corrected chi connectivity index (χ1v) is 12.0. The summed E-state index contributed by atoms with van der Waals surface area (Å²) in [6, 6.07) is 19.4. The van der Waals surface area contributed by atoms with Crippen LogP contribution in [0.5, 0.6) is 17.2 Å². The number of benzene rings is 3. The average molecular weight is 502 g/mol. The molecule has 184 valence electrons. The topological polar surface area (TPSA) is 75.8 Å². The van der Waals surface area contributed by atoms with E-state index in [1.54, 1.807) is 7.11 Å². The summed E-state index contributed by atoms with van der Waals surface area (Å²) in [7, 11) is 1.63. The van der Waals surface area contributed by atoms with E-state index in [0.717, 1.165) is 39.2 Å². The molecule has 0 spiro atoms. The second kappa shape index (κ2) is 9.91. The molecule has 3 aromatic carbocycles. The van der Waals surface area contributed by atoms with Crippen LogP contribution in [-0.4, -0.2) is 28.9 Å². The average Bonchev–Trinajstić information content (AvgIpc) is 3.34. The third kappa shape index (κ3) is 4.99. The zero-order chi connectivity index (χ0) is 25.2. The van der Waals surface area contributed by atoms with Gasteiger partial charge in [0.15, 0.2) is 16.6 Å². The number of H-pyrrole nitrogens is 1. The monoisotopic (exact) mass is 501 g/mol. The molecular weight excluding hydrogens is 474 g/mol. The van der Waals surface area contributed by atoms with Gasteiger partial charge in [0.25, 0.3) is 5.56 Å². The summed E-state index contributed by atoms with van der Waals surface area (Å²) < 4.78 is 16.2. The van der Waals surface area contributed by atoms with E-state index >= 15 is 0 Å². The van der Waals surface area contributed by atoms with Crippen molar-refractivity contribution < 1.29 is 14.2 Å². The van der Waals surface area contributed by atoms with Gasteiger partial charge < -0.3 is 29.4 Å². The van der Waals surface area contributed by atoms with Crippen molar-refractivity contribution in [3.8, 4) is 17.2 Å². The summed E-state index contributed by atoms with van der Waals surface area (Å²) in [5.41, 5.74) is 5.46. The molecule has 0 fully saturated rings.